The van der Waals surface area contributed by atoms with Crippen molar-refractivity contribution >= 4 is 82.2 Å². The van der Waals surface area contributed by atoms with Gasteiger partial charge in [0.2, 0.25) is 0 Å². The fourth-order valence-corrected chi connectivity index (χ4v) is 10.0. The standard InChI is InChI=1S/C13H19P.C8H10.C8H18.C7H7Br.C7H9P.C6H4BrI/c1-10-6-4-5-7-13(10)14-11(2)8-9-12(14)3;1-7-5-3-4-6-8(7)2;1-7(2)5-6-8(3)4;2*1-6-4-2-3-5-7(6)8;7-5-3-1-2-4-6(5)8/h4-7,11-12H,8-9H2,1-3H3;3-6H,1-2H3;7-8H,5-6H2,1-4H3;2-5H,1H3;2-5H,8H2,1H3;1-4H/t11-,12-;;;;;/m0...../s1. The zero-order valence-electron chi connectivity index (χ0n) is 34.8. The fourth-order valence-electron chi connectivity index (χ4n) is 5.43. The third-order valence-corrected chi connectivity index (χ3v) is 16.6. The molecule has 0 nitrogen and oxygen atoms in total. The molecule has 0 N–H and O–H groups in total. The summed E-state index contributed by atoms with van der Waals surface area (Å²) in [6.07, 6.45) is 5.64. The molecule has 1 heterocycles. The number of aryl methyl sites for hydroxylation is 5. The minimum atomic E-state index is 0.117. The van der Waals surface area contributed by atoms with E-state index in [-0.39, 0.29) is 7.92 Å². The van der Waals surface area contributed by atoms with Gasteiger partial charge in [-0.15, -0.1) is 9.24 Å². The van der Waals surface area contributed by atoms with Crippen LogP contribution in [0.2, 0.25) is 0 Å². The predicted molar refractivity (Wildman–Crippen MR) is 267 cm³/mol. The van der Waals surface area contributed by atoms with Crippen LogP contribution in [0.25, 0.3) is 0 Å². The minimum absolute atomic E-state index is 0.117. The topological polar surface area (TPSA) is 0 Å². The van der Waals surface area contributed by atoms with E-state index in [1.54, 1.807) is 5.30 Å². The smallest absolute Gasteiger partial charge is 0.0308 e. The molecule has 1 fully saturated rings. The van der Waals surface area contributed by atoms with Crippen molar-refractivity contribution in [2.24, 2.45) is 11.8 Å². The molecule has 1 saturated heterocycles. The third-order valence-electron chi connectivity index (χ3n) is 9.18. The van der Waals surface area contributed by atoms with Crippen LogP contribution in [0.15, 0.2) is 130 Å². The first-order chi connectivity index (χ1) is 25.5. The number of hydrogen-bond donors (Lipinski definition) is 0. The first-order valence-corrected chi connectivity index (χ1v) is 24.1. The monoisotopic (exact) mass is 1000 g/mol. The summed E-state index contributed by atoms with van der Waals surface area (Å²) < 4.78 is 3.60. The van der Waals surface area contributed by atoms with E-state index in [4.69, 9.17) is 0 Å². The van der Waals surface area contributed by atoms with Gasteiger partial charge in [0.1, 0.15) is 0 Å². The molecule has 5 aromatic rings. The van der Waals surface area contributed by atoms with E-state index in [2.05, 4.69) is 213 Å². The first kappa shape index (κ1) is 50.7. The van der Waals surface area contributed by atoms with Crippen molar-refractivity contribution in [3.05, 3.63) is 162 Å². The van der Waals surface area contributed by atoms with Crippen molar-refractivity contribution in [2.75, 3.05) is 0 Å². The van der Waals surface area contributed by atoms with Crippen LogP contribution in [-0.4, -0.2) is 11.3 Å². The highest BCUT2D eigenvalue weighted by Crippen LogP contribution is 2.54. The van der Waals surface area contributed by atoms with Crippen molar-refractivity contribution in [2.45, 2.75) is 113 Å². The van der Waals surface area contributed by atoms with Crippen molar-refractivity contribution in [3.63, 3.8) is 0 Å². The van der Waals surface area contributed by atoms with Crippen molar-refractivity contribution < 1.29 is 0 Å². The van der Waals surface area contributed by atoms with Gasteiger partial charge in [-0.25, -0.2) is 0 Å². The maximum absolute atomic E-state index is 3.40. The van der Waals surface area contributed by atoms with Gasteiger partial charge in [-0.3, -0.25) is 0 Å². The Morgan fingerprint density at radius 3 is 1.20 bits per heavy atom. The highest BCUT2D eigenvalue weighted by molar-refractivity contribution is 14.1. The molecule has 1 unspecified atom stereocenters. The number of benzene rings is 5. The van der Waals surface area contributed by atoms with Gasteiger partial charge in [0.05, 0.1) is 0 Å². The Balaban J connectivity index is 0.000000330. The minimum Gasteiger partial charge on any atom is -0.105 e. The Hall–Kier alpha value is -1.35. The zero-order valence-corrected chi connectivity index (χ0v) is 42.2. The molecule has 0 spiro atoms. The summed E-state index contributed by atoms with van der Waals surface area (Å²) in [7, 11) is 2.80. The number of hydrogen-bond acceptors (Lipinski definition) is 0. The Bertz CT molecular complexity index is 1460. The van der Waals surface area contributed by atoms with Gasteiger partial charge in [0.15, 0.2) is 0 Å². The summed E-state index contributed by atoms with van der Waals surface area (Å²) in [5.74, 6) is 1.77. The second-order valence-electron chi connectivity index (χ2n) is 14.9. The molecule has 0 saturated carbocycles. The highest BCUT2D eigenvalue weighted by atomic mass is 127. The van der Waals surface area contributed by atoms with Gasteiger partial charge in [0.25, 0.3) is 0 Å². The van der Waals surface area contributed by atoms with Gasteiger partial charge in [-0.05, 0) is 166 Å². The van der Waals surface area contributed by atoms with E-state index in [0.29, 0.717) is 0 Å². The normalized spacial score (nSPS) is 14.5. The van der Waals surface area contributed by atoms with Gasteiger partial charge >= 0.3 is 0 Å². The molecule has 6 rings (SSSR count). The lowest BCUT2D eigenvalue weighted by Crippen LogP contribution is -2.13. The van der Waals surface area contributed by atoms with Crippen molar-refractivity contribution in [1.29, 1.82) is 0 Å². The summed E-state index contributed by atoms with van der Waals surface area (Å²) in [6.45, 7) is 24.7. The SMILES string of the molecule is Brc1ccccc1I.CC(C)CCC(C)C.Cc1ccccc1Br.Cc1ccccc1C.Cc1ccccc1P.Cc1ccccc1P1[C@@H](C)CC[C@@H]1C. The number of rotatable bonds is 4. The first-order valence-electron chi connectivity index (χ1n) is 19.3. The Kier molecular flexibility index (Phi) is 27.2. The van der Waals surface area contributed by atoms with Gasteiger partial charge in [-0.2, -0.15) is 0 Å². The molecule has 0 bridgehead atoms. The average Bonchev–Trinajstić information content (AvgIpc) is 3.47. The van der Waals surface area contributed by atoms with E-state index in [0.717, 1.165) is 23.2 Å². The Morgan fingerprint density at radius 1 is 0.537 bits per heavy atom. The van der Waals surface area contributed by atoms with E-state index in [1.165, 1.54) is 71.3 Å². The molecule has 0 aromatic heterocycles. The summed E-state index contributed by atoms with van der Waals surface area (Å²) in [6, 6.07) is 41.8. The molecule has 1 aliphatic heterocycles. The molecule has 3 atom stereocenters. The van der Waals surface area contributed by atoms with Crippen LogP contribution >= 0.6 is 71.6 Å². The van der Waals surface area contributed by atoms with Crippen LogP contribution in [0.4, 0.5) is 0 Å². The van der Waals surface area contributed by atoms with Crippen LogP contribution in [0.5, 0.6) is 0 Å². The lowest BCUT2D eigenvalue weighted by molar-refractivity contribution is 0.476. The van der Waals surface area contributed by atoms with Crippen LogP contribution < -0.4 is 10.6 Å². The second-order valence-corrected chi connectivity index (χ2v) is 21.5. The Morgan fingerprint density at radius 2 is 0.907 bits per heavy atom. The summed E-state index contributed by atoms with van der Waals surface area (Å²) in [5.41, 5.74) is 8.71. The van der Waals surface area contributed by atoms with E-state index in [1.807, 2.05) is 48.5 Å². The number of halogens is 3. The maximum Gasteiger partial charge on any atom is 0.0308 e. The molecule has 0 aliphatic carbocycles. The van der Waals surface area contributed by atoms with Crippen LogP contribution in [-0.2, 0) is 0 Å². The zero-order chi connectivity index (χ0) is 40.6. The van der Waals surface area contributed by atoms with Gasteiger partial charge in [-0.1, -0.05) is 181 Å². The molecule has 0 radical (unpaired) electrons. The summed E-state index contributed by atoms with van der Waals surface area (Å²) >= 11 is 9.06. The van der Waals surface area contributed by atoms with Crippen LogP contribution in [0, 0.1) is 50.0 Å². The largest absolute Gasteiger partial charge is 0.105 e. The quantitative estimate of drug-likeness (QED) is 0.124. The van der Waals surface area contributed by atoms with Crippen molar-refractivity contribution in [1.82, 2.24) is 0 Å². The average molecular weight is 1000 g/mol. The van der Waals surface area contributed by atoms with Crippen molar-refractivity contribution in [3.8, 4) is 0 Å². The van der Waals surface area contributed by atoms with E-state index < -0.39 is 0 Å². The fraction of sp³-hybridized carbons (Fsp3) is 0.388. The molecule has 1 aliphatic rings. The summed E-state index contributed by atoms with van der Waals surface area (Å²) in [5, 5.41) is 2.94. The molecule has 54 heavy (non-hydrogen) atoms. The molecule has 5 heteroatoms. The van der Waals surface area contributed by atoms with Crippen LogP contribution in [0.3, 0.4) is 0 Å². The molecular weight excluding hydrogens is 937 g/mol. The second kappa shape index (κ2) is 29.0. The lowest BCUT2D eigenvalue weighted by atomic mass is 10.0. The maximum atomic E-state index is 3.40. The van der Waals surface area contributed by atoms with E-state index in [9.17, 15) is 0 Å². The lowest BCUT2D eigenvalue weighted by Gasteiger charge is -2.23. The summed E-state index contributed by atoms with van der Waals surface area (Å²) in [4.78, 5) is 0. The van der Waals surface area contributed by atoms with Gasteiger partial charge < -0.3 is 0 Å². The third kappa shape index (κ3) is 21.8. The van der Waals surface area contributed by atoms with E-state index >= 15 is 0 Å². The predicted octanol–water partition coefficient (Wildman–Crippen LogP) is 16.4. The van der Waals surface area contributed by atoms with Crippen LogP contribution in [0.1, 0.15) is 95.0 Å². The molecular formula is C49H67Br2IP2. The highest BCUT2D eigenvalue weighted by Gasteiger charge is 2.31. The van der Waals surface area contributed by atoms with Gasteiger partial charge in [0, 0.05) is 12.5 Å². The Labute approximate surface area is 365 Å². The molecule has 0 amide bonds. The molecule has 5 aromatic carbocycles. The molecule has 294 valence electrons.